The van der Waals surface area contributed by atoms with Crippen LogP contribution < -0.4 is 10.5 Å². The van der Waals surface area contributed by atoms with E-state index in [9.17, 15) is 13.6 Å². The molecule has 0 aliphatic carbocycles. The maximum Gasteiger partial charge on any atom is 0.410 e. The van der Waals surface area contributed by atoms with Gasteiger partial charge in [-0.1, -0.05) is 6.07 Å². The van der Waals surface area contributed by atoms with E-state index < -0.39 is 17.2 Å². The van der Waals surface area contributed by atoms with Crippen LogP contribution in [0.1, 0.15) is 33.6 Å². The van der Waals surface area contributed by atoms with Gasteiger partial charge in [-0.3, -0.25) is 0 Å². The molecular formula is C27H28F2N6O3. The zero-order chi connectivity index (χ0) is 27.0. The lowest BCUT2D eigenvalue weighted by atomic mass is 10.1. The maximum atomic E-state index is 14.0. The second kappa shape index (κ2) is 9.88. The standard InChI is InChI=1S/C27H28F2N6O3/c1-27(2,3)38-26(36)34-13-5-6-17(34)14-35-25-21(24(30)31-15-32-25)23(33-35)16-9-11-18(12-10-16)37-20-8-4-7-19(28)22(20)29/h4,7-12,15,17H,5-6,13-14H2,1-3H3,(H2,30,31,32)/t17-/m1/s1. The highest BCUT2D eigenvalue weighted by atomic mass is 19.2. The first-order valence-electron chi connectivity index (χ1n) is 12.3. The van der Waals surface area contributed by atoms with Gasteiger partial charge in [-0.2, -0.15) is 9.49 Å². The molecule has 4 aromatic rings. The van der Waals surface area contributed by atoms with Crippen molar-refractivity contribution in [3.8, 4) is 22.8 Å². The Morgan fingerprint density at radius 3 is 2.63 bits per heavy atom. The molecule has 1 aliphatic rings. The van der Waals surface area contributed by atoms with Gasteiger partial charge in [-0.05, 0) is 70.0 Å². The Morgan fingerprint density at radius 1 is 1.13 bits per heavy atom. The van der Waals surface area contributed by atoms with Crippen LogP contribution in [0.2, 0.25) is 0 Å². The number of nitrogen functional groups attached to an aromatic ring is 1. The van der Waals surface area contributed by atoms with Gasteiger partial charge >= 0.3 is 6.09 Å². The molecule has 0 spiro atoms. The number of halogens is 2. The van der Waals surface area contributed by atoms with Crippen LogP contribution in [-0.4, -0.2) is 48.9 Å². The number of amides is 1. The average molecular weight is 523 g/mol. The Kier molecular flexibility index (Phi) is 6.60. The molecule has 2 N–H and O–H groups in total. The third kappa shape index (κ3) is 5.09. The van der Waals surface area contributed by atoms with Crippen molar-refractivity contribution in [1.82, 2.24) is 24.6 Å². The molecule has 9 nitrogen and oxygen atoms in total. The van der Waals surface area contributed by atoms with Crippen LogP contribution >= 0.6 is 0 Å². The predicted octanol–water partition coefficient (Wildman–Crippen LogP) is 5.55. The summed E-state index contributed by atoms with van der Waals surface area (Å²) in [6.07, 6.45) is 2.69. The van der Waals surface area contributed by atoms with Gasteiger partial charge in [0.05, 0.1) is 18.0 Å². The first kappa shape index (κ1) is 25.4. The molecule has 3 heterocycles. The van der Waals surface area contributed by atoms with Gasteiger partial charge in [-0.15, -0.1) is 0 Å². The van der Waals surface area contributed by atoms with Crippen molar-refractivity contribution in [2.45, 2.75) is 51.8 Å². The van der Waals surface area contributed by atoms with Crippen molar-refractivity contribution >= 4 is 22.9 Å². The molecule has 1 fully saturated rings. The highest BCUT2D eigenvalue weighted by molar-refractivity contribution is 5.98. The number of nitrogens with zero attached hydrogens (tertiary/aromatic N) is 5. The quantitative estimate of drug-likeness (QED) is 0.366. The number of fused-ring (bicyclic) bond motifs is 1. The molecule has 2 aromatic carbocycles. The topological polar surface area (TPSA) is 108 Å². The fourth-order valence-electron chi connectivity index (χ4n) is 4.52. The molecule has 1 atom stereocenters. The van der Waals surface area contributed by atoms with Crippen molar-refractivity contribution < 1.29 is 23.0 Å². The van der Waals surface area contributed by atoms with Crippen molar-refractivity contribution in [3.63, 3.8) is 0 Å². The molecule has 2 aromatic heterocycles. The Labute approximate surface area is 218 Å². The first-order chi connectivity index (χ1) is 18.1. The van der Waals surface area contributed by atoms with Gasteiger partial charge in [0.15, 0.2) is 17.2 Å². The fourth-order valence-corrected chi connectivity index (χ4v) is 4.52. The summed E-state index contributed by atoms with van der Waals surface area (Å²) in [4.78, 5) is 23.1. The summed E-state index contributed by atoms with van der Waals surface area (Å²) in [5.74, 6) is -1.66. The van der Waals surface area contributed by atoms with Crippen LogP contribution in [0.5, 0.6) is 11.5 Å². The van der Waals surface area contributed by atoms with Crippen LogP contribution in [0, 0.1) is 11.6 Å². The summed E-state index contributed by atoms with van der Waals surface area (Å²) in [7, 11) is 0. The van der Waals surface area contributed by atoms with E-state index in [4.69, 9.17) is 20.3 Å². The molecule has 198 valence electrons. The Morgan fingerprint density at radius 2 is 1.89 bits per heavy atom. The largest absolute Gasteiger partial charge is 0.454 e. The van der Waals surface area contributed by atoms with E-state index in [1.807, 2.05) is 20.8 Å². The minimum atomic E-state index is -1.06. The highest BCUT2D eigenvalue weighted by Gasteiger charge is 2.33. The van der Waals surface area contributed by atoms with Crippen molar-refractivity contribution in [2.75, 3.05) is 12.3 Å². The Hall–Kier alpha value is -4.28. The lowest BCUT2D eigenvalue weighted by Gasteiger charge is -2.28. The molecule has 1 saturated heterocycles. The molecule has 0 bridgehead atoms. The van der Waals surface area contributed by atoms with Crippen LogP contribution in [0.25, 0.3) is 22.3 Å². The summed E-state index contributed by atoms with van der Waals surface area (Å²) in [5.41, 5.74) is 7.46. The molecule has 0 unspecified atom stereocenters. The van der Waals surface area contributed by atoms with Gasteiger partial charge in [0.25, 0.3) is 0 Å². The number of ether oxygens (including phenoxy) is 2. The summed E-state index contributed by atoms with van der Waals surface area (Å²) in [5, 5.41) is 5.38. The van der Waals surface area contributed by atoms with Crippen molar-refractivity contribution in [3.05, 3.63) is 60.4 Å². The van der Waals surface area contributed by atoms with Gasteiger partial charge in [0.1, 0.15) is 29.2 Å². The highest BCUT2D eigenvalue weighted by Crippen LogP contribution is 2.33. The number of hydrogen-bond acceptors (Lipinski definition) is 7. The van der Waals surface area contributed by atoms with Crippen molar-refractivity contribution in [2.24, 2.45) is 0 Å². The predicted molar refractivity (Wildman–Crippen MR) is 138 cm³/mol. The van der Waals surface area contributed by atoms with Gasteiger partial charge in [0.2, 0.25) is 5.82 Å². The maximum absolute atomic E-state index is 14.0. The number of aromatic nitrogens is 4. The normalized spacial score (nSPS) is 15.7. The molecule has 5 rings (SSSR count). The van der Waals surface area contributed by atoms with Crippen LogP contribution in [-0.2, 0) is 11.3 Å². The zero-order valence-electron chi connectivity index (χ0n) is 21.3. The summed E-state index contributed by atoms with van der Waals surface area (Å²) < 4.78 is 40.4. The molecule has 11 heteroatoms. The van der Waals surface area contributed by atoms with E-state index in [2.05, 4.69) is 9.97 Å². The minimum absolute atomic E-state index is 0.117. The Balaban J connectivity index is 1.43. The van der Waals surface area contributed by atoms with Gasteiger partial charge in [0, 0.05) is 12.1 Å². The second-order valence-corrected chi connectivity index (χ2v) is 10.1. The zero-order valence-corrected chi connectivity index (χ0v) is 21.3. The monoisotopic (exact) mass is 522 g/mol. The SMILES string of the molecule is CC(C)(C)OC(=O)N1CCC[C@@H]1Cn1nc(-c2ccc(Oc3cccc(F)c3F)cc2)c2c(N)ncnc21. The smallest absolute Gasteiger partial charge is 0.410 e. The fraction of sp³-hybridized carbons (Fsp3) is 0.333. The Bertz CT molecular complexity index is 1480. The third-order valence-electron chi connectivity index (χ3n) is 6.22. The average Bonchev–Trinajstić information content (AvgIpc) is 3.48. The third-order valence-corrected chi connectivity index (χ3v) is 6.22. The number of anilines is 1. The molecule has 1 amide bonds. The van der Waals surface area contributed by atoms with Crippen LogP contribution in [0.15, 0.2) is 48.8 Å². The van der Waals surface area contributed by atoms with E-state index in [1.54, 1.807) is 33.8 Å². The number of carbonyl (C=O) groups is 1. The number of hydrogen-bond donors (Lipinski definition) is 1. The molecule has 0 radical (unpaired) electrons. The number of nitrogens with two attached hydrogens (primary N) is 1. The van der Waals surface area contributed by atoms with E-state index in [1.165, 1.54) is 18.5 Å². The van der Waals surface area contributed by atoms with Crippen LogP contribution in [0.3, 0.4) is 0 Å². The number of rotatable bonds is 5. The van der Waals surface area contributed by atoms with Gasteiger partial charge in [-0.25, -0.2) is 23.8 Å². The number of likely N-dealkylation sites (tertiary alicyclic amines) is 1. The van der Waals surface area contributed by atoms with Crippen molar-refractivity contribution in [1.29, 1.82) is 0 Å². The van der Waals surface area contributed by atoms with Crippen LogP contribution in [0.4, 0.5) is 19.4 Å². The summed E-state index contributed by atoms with van der Waals surface area (Å²) in [6.45, 7) is 6.54. The number of benzene rings is 2. The minimum Gasteiger partial charge on any atom is -0.454 e. The summed E-state index contributed by atoms with van der Waals surface area (Å²) >= 11 is 0. The lowest BCUT2D eigenvalue weighted by Crippen LogP contribution is -2.41. The molecular weight excluding hydrogens is 494 g/mol. The van der Waals surface area contributed by atoms with E-state index in [0.717, 1.165) is 18.9 Å². The molecule has 0 saturated carbocycles. The second-order valence-electron chi connectivity index (χ2n) is 10.1. The van der Waals surface area contributed by atoms with Gasteiger partial charge < -0.3 is 20.1 Å². The lowest BCUT2D eigenvalue weighted by molar-refractivity contribution is 0.0212. The summed E-state index contributed by atoms with van der Waals surface area (Å²) in [6, 6.07) is 10.4. The molecule has 1 aliphatic heterocycles. The van der Waals surface area contributed by atoms with E-state index >= 15 is 0 Å². The van der Waals surface area contributed by atoms with E-state index in [-0.39, 0.29) is 23.7 Å². The molecule has 38 heavy (non-hydrogen) atoms. The first-order valence-corrected chi connectivity index (χ1v) is 12.3. The number of carbonyl (C=O) groups excluding carboxylic acids is 1. The van der Waals surface area contributed by atoms with E-state index in [0.29, 0.717) is 41.1 Å².